The van der Waals surface area contributed by atoms with Crippen LogP contribution in [0.2, 0.25) is 5.02 Å². The summed E-state index contributed by atoms with van der Waals surface area (Å²) < 4.78 is 61.9. The quantitative estimate of drug-likeness (QED) is 0.814. The van der Waals surface area contributed by atoms with Gasteiger partial charge in [0.2, 0.25) is 0 Å². The molecule has 0 saturated heterocycles. The van der Waals surface area contributed by atoms with Crippen LogP contribution in [0, 0.1) is 0 Å². The van der Waals surface area contributed by atoms with E-state index in [9.17, 15) is 22.0 Å². The zero-order valence-corrected chi connectivity index (χ0v) is 8.86. The number of halogens is 6. The highest BCUT2D eigenvalue weighted by Gasteiger charge is 2.61. The van der Waals surface area contributed by atoms with Crippen molar-refractivity contribution in [3.8, 4) is 5.75 Å². The first-order valence-electron chi connectivity index (χ1n) is 4.26. The number of benzene rings is 1. The first-order chi connectivity index (χ1) is 7.57. The normalized spacial score (nSPS) is 14.8. The van der Waals surface area contributed by atoms with Gasteiger partial charge in [-0.25, -0.2) is 0 Å². The van der Waals surface area contributed by atoms with Crippen LogP contribution in [0.5, 0.6) is 5.75 Å². The van der Waals surface area contributed by atoms with Crippen molar-refractivity contribution >= 4 is 11.6 Å². The van der Waals surface area contributed by atoms with Gasteiger partial charge in [-0.3, -0.25) is 0 Å². The van der Waals surface area contributed by atoms with Gasteiger partial charge in [-0.2, -0.15) is 22.0 Å². The Labute approximate surface area is 97.8 Å². The van der Waals surface area contributed by atoms with E-state index in [4.69, 9.17) is 22.4 Å². The molecule has 0 amide bonds. The van der Waals surface area contributed by atoms with Crippen molar-refractivity contribution in [3.63, 3.8) is 0 Å². The smallest absolute Gasteiger partial charge is 0.455 e. The monoisotopic (exact) mass is 275 g/mol. The lowest BCUT2D eigenvalue weighted by Crippen LogP contribution is -2.45. The molecule has 96 valence electrons. The molecule has 0 aliphatic carbocycles. The maximum atomic E-state index is 12.9. The number of rotatable bonds is 2. The lowest BCUT2D eigenvalue weighted by Gasteiger charge is -2.26. The molecule has 1 rings (SSSR count). The molecular formula is C9H7ClF5NO. The molecule has 0 aliphatic heterocycles. The average Bonchev–Trinajstić information content (AvgIpc) is 2.19. The summed E-state index contributed by atoms with van der Waals surface area (Å²) in [6, 6.07) is -0.0721. The fourth-order valence-electron chi connectivity index (χ4n) is 1.10. The summed E-state index contributed by atoms with van der Waals surface area (Å²) in [5.41, 5.74) is 4.35. The molecule has 0 heterocycles. The van der Waals surface area contributed by atoms with E-state index < -0.39 is 29.5 Å². The highest BCUT2D eigenvalue weighted by Crippen LogP contribution is 2.44. The Morgan fingerprint density at radius 3 is 2.12 bits per heavy atom. The van der Waals surface area contributed by atoms with Crippen LogP contribution in [0.1, 0.15) is 11.6 Å². The SMILES string of the molecule is N[C@@H](c1ccc(O)c(Cl)c1)C(F)(F)C(F)(F)F. The summed E-state index contributed by atoms with van der Waals surface area (Å²) in [6.45, 7) is 0. The predicted octanol–water partition coefficient (Wildman–Crippen LogP) is 3.24. The second-order valence-corrected chi connectivity index (χ2v) is 3.72. The Balaban J connectivity index is 3.12. The van der Waals surface area contributed by atoms with Gasteiger partial charge >= 0.3 is 12.1 Å². The van der Waals surface area contributed by atoms with E-state index in [-0.39, 0.29) is 5.02 Å². The topological polar surface area (TPSA) is 46.2 Å². The first-order valence-corrected chi connectivity index (χ1v) is 4.63. The number of nitrogens with two attached hydrogens (primary N) is 1. The molecule has 1 atom stereocenters. The van der Waals surface area contributed by atoms with Crippen molar-refractivity contribution in [1.82, 2.24) is 0 Å². The highest BCUT2D eigenvalue weighted by atomic mass is 35.5. The summed E-state index contributed by atoms with van der Waals surface area (Å²) in [4.78, 5) is 0. The molecule has 0 aromatic heterocycles. The minimum Gasteiger partial charge on any atom is -0.506 e. The summed E-state index contributed by atoms with van der Waals surface area (Å²) in [6.07, 6.45) is -5.75. The van der Waals surface area contributed by atoms with Crippen molar-refractivity contribution in [2.75, 3.05) is 0 Å². The van der Waals surface area contributed by atoms with Crippen LogP contribution in [-0.4, -0.2) is 17.2 Å². The number of hydrogen-bond acceptors (Lipinski definition) is 2. The van der Waals surface area contributed by atoms with Gasteiger partial charge in [-0.05, 0) is 17.7 Å². The summed E-state index contributed by atoms with van der Waals surface area (Å²) >= 11 is 5.39. The molecule has 8 heteroatoms. The molecule has 0 aliphatic rings. The van der Waals surface area contributed by atoms with Crippen molar-refractivity contribution in [2.24, 2.45) is 5.73 Å². The van der Waals surface area contributed by atoms with E-state index in [0.717, 1.165) is 18.2 Å². The van der Waals surface area contributed by atoms with E-state index >= 15 is 0 Å². The highest BCUT2D eigenvalue weighted by molar-refractivity contribution is 6.32. The lowest BCUT2D eigenvalue weighted by atomic mass is 10.0. The molecule has 17 heavy (non-hydrogen) atoms. The third-order valence-corrected chi connectivity index (χ3v) is 2.40. The Hall–Kier alpha value is -1.08. The molecular weight excluding hydrogens is 269 g/mol. The molecule has 0 radical (unpaired) electrons. The second kappa shape index (κ2) is 4.30. The third-order valence-electron chi connectivity index (χ3n) is 2.10. The zero-order chi connectivity index (χ0) is 13.4. The van der Waals surface area contributed by atoms with Crippen LogP contribution in [-0.2, 0) is 0 Å². The number of phenolic OH excluding ortho intramolecular Hbond substituents is 1. The molecule has 2 nitrogen and oxygen atoms in total. The average molecular weight is 276 g/mol. The summed E-state index contributed by atoms with van der Waals surface area (Å²) in [7, 11) is 0. The summed E-state index contributed by atoms with van der Waals surface area (Å²) in [5, 5.41) is 8.65. The van der Waals surface area contributed by atoms with Crippen molar-refractivity contribution < 1.29 is 27.1 Å². The third kappa shape index (κ3) is 2.61. The predicted molar refractivity (Wildman–Crippen MR) is 51.0 cm³/mol. The van der Waals surface area contributed by atoms with Crippen molar-refractivity contribution in [1.29, 1.82) is 0 Å². The van der Waals surface area contributed by atoms with Crippen LogP contribution in [0.3, 0.4) is 0 Å². The maximum Gasteiger partial charge on any atom is 0.455 e. The van der Waals surface area contributed by atoms with E-state index in [2.05, 4.69) is 0 Å². The number of hydrogen-bond donors (Lipinski definition) is 2. The molecule has 0 fully saturated rings. The molecule has 0 saturated carbocycles. The van der Waals surface area contributed by atoms with Gasteiger partial charge in [0.15, 0.2) is 0 Å². The van der Waals surface area contributed by atoms with E-state index in [1.807, 2.05) is 0 Å². The minimum atomic E-state index is -5.75. The molecule has 0 bridgehead atoms. The van der Waals surface area contributed by atoms with Gasteiger partial charge in [0.25, 0.3) is 0 Å². The standard InChI is InChI=1S/C9H7ClF5NO/c10-5-3-4(1-2-6(5)17)7(16)8(11,12)9(13,14)15/h1-3,7,17H,16H2/t7-/m0/s1. The van der Waals surface area contributed by atoms with Gasteiger partial charge in [0.1, 0.15) is 11.8 Å². The van der Waals surface area contributed by atoms with Gasteiger partial charge in [0, 0.05) is 0 Å². The molecule has 0 unspecified atom stereocenters. The number of aromatic hydroxyl groups is 1. The number of phenols is 1. The molecule has 1 aromatic rings. The maximum absolute atomic E-state index is 12.9. The summed E-state index contributed by atoms with van der Waals surface area (Å²) in [5.74, 6) is -5.51. The zero-order valence-electron chi connectivity index (χ0n) is 8.10. The molecule has 3 N–H and O–H groups in total. The van der Waals surface area contributed by atoms with Gasteiger partial charge in [0.05, 0.1) is 5.02 Å². The number of alkyl halides is 5. The fourth-order valence-corrected chi connectivity index (χ4v) is 1.29. The first kappa shape index (κ1) is 14.0. The second-order valence-electron chi connectivity index (χ2n) is 3.31. The van der Waals surface area contributed by atoms with Gasteiger partial charge in [-0.1, -0.05) is 17.7 Å². The molecule has 0 spiro atoms. The van der Waals surface area contributed by atoms with Crippen LogP contribution in [0.4, 0.5) is 22.0 Å². The van der Waals surface area contributed by atoms with Crippen molar-refractivity contribution in [2.45, 2.75) is 18.1 Å². The van der Waals surface area contributed by atoms with Crippen molar-refractivity contribution in [3.05, 3.63) is 28.8 Å². The molecule has 1 aromatic carbocycles. The Kier molecular flexibility index (Phi) is 3.54. The Bertz CT molecular complexity index is 420. The van der Waals surface area contributed by atoms with E-state index in [1.165, 1.54) is 0 Å². The van der Waals surface area contributed by atoms with E-state index in [0.29, 0.717) is 0 Å². The van der Waals surface area contributed by atoms with Crippen LogP contribution < -0.4 is 5.73 Å². The largest absolute Gasteiger partial charge is 0.506 e. The Morgan fingerprint density at radius 1 is 1.18 bits per heavy atom. The lowest BCUT2D eigenvalue weighted by molar-refractivity contribution is -0.291. The fraction of sp³-hybridized carbons (Fsp3) is 0.333. The van der Waals surface area contributed by atoms with Crippen LogP contribution in [0.25, 0.3) is 0 Å². The van der Waals surface area contributed by atoms with E-state index in [1.54, 1.807) is 0 Å². The minimum absolute atomic E-state index is 0.351. The van der Waals surface area contributed by atoms with Crippen LogP contribution >= 0.6 is 11.6 Å². The van der Waals surface area contributed by atoms with Crippen LogP contribution in [0.15, 0.2) is 18.2 Å². The Morgan fingerprint density at radius 2 is 1.71 bits per heavy atom. The van der Waals surface area contributed by atoms with Gasteiger partial charge < -0.3 is 10.8 Å². The van der Waals surface area contributed by atoms with Gasteiger partial charge in [-0.15, -0.1) is 0 Å².